The Labute approximate surface area is 241 Å². The maximum atomic E-state index is 13.9. The second-order valence-corrected chi connectivity index (χ2v) is 12.1. The quantitative estimate of drug-likeness (QED) is 0.325. The molecule has 1 saturated carbocycles. The molecule has 8 nitrogen and oxygen atoms in total. The monoisotopic (exact) mass is 582 g/mol. The SMILES string of the molecule is CCOc1cc(C2C3=CCC4C(=O)N(Cc5ccccc5)C(=O)C4C3CC3(Cl)C(=O)N(C)C(=O)C23Cl)ccc1O. The van der Waals surface area contributed by atoms with E-state index in [2.05, 4.69) is 0 Å². The van der Waals surface area contributed by atoms with Crippen molar-refractivity contribution in [1.29, 1.82) is 0 Å². The van der Waals surface area contributed by atoms with Gasteiger partial charge in [0.15, 0.2) is 21.2 Å². The van der Waals surface area contributed by atoms with Gasteiger partial charge < -0.3 is 9.84 Å². The van der Waals surface area contributed by atoms with Gasteiger partial charge >= 0.3 is 0 Å². The Bertz CT molecular complexity index is 1480. The third kappa shape index (κ3) is 3.51. The van der Waals surface area contributed by atoms with Crippen molar-refractivity contribution in [3.05, 3.63) is 71.3 Å². The van der Waals surface area contributed by atoms with E-state index in [9.17, 15) is 24.3 Å². The lowest BCUT2D eigenvalue weighted by molar-refractivity contribution is -0.141. The minimum Gasteiger partial charge on any atom is -0.504 e. The lowest BCUT2D eigenvalue weighted by atomic mass is 9.56. The zero-order valence-electron chi connectivity index (χ0n) is 22.0. The molecular formula is C30H28Cl2N2O6. The molecule has 2 saturated heterocycles. The van der Waals surface area contributed by atoms with Gasteiger partial charge in [0, 0.05) is 13.0 Å². The lowest BCUT2D eigenvalue weighted by Gasteiger charge is -2.50. The van der Waals surface area contributed by atoms with Gasteiger partial charge in [0.25, 0.3) is 11.8 Å². The van der Waals surface area contributed by atoms with Crippen LogP contribution in [0.5, 0.6) is 11.5 Å². The van der Waals surface area contributed by atoms with Gasteiger partial charge in [0.05, 0.1) is 25.0 Å². The summed E-state index contributed by atoms with van der Waals surface area (Å²) in [6, 6.07) is 14.0. The van der Waals surface area contributed by atoms with Crippen molar-refractivity contribution in [2.75, 3.05) is 13.7 Å². The highest BCUT2D eigenvalue weighted by Crippen LogP contribution is 2.65. The van der Waals surface area contributed by atoms with Crippen LogP contribution in [0.3, 0.4) is 0 Å². The summed E-state index contributed by atoms with van der Waals surface area (Å²) in [5, 5.41) is 10.4. The Morgan fingerprint density at radius 2 is 1.73 bits per heavy atom. The first kappa shape index (κ1) is 26.8. The molecule has 40 heavy (non-hydrogen) atoms. The fourth-order valence-electron chi connectivity index (χ4n) is 7.09. The molecule has 2 heterocycles. The number of hydrogen-bond acceptors (Lipinski definition) is 6. The number of likely N-dealkylation sites (tertiary alicyclic amines) is 2. The van der Waals surface area contributed by atoms with E-state index in [4.69, 9.17) is 27.9 Å². The summed E-state index contributed by atoms with van der Waals surface area (Å²) in [6.07, 6.45) is 2.11. The summed E-state index contributed by atoms with van der Waals surface area (Å²) >= 11 is 14.4. The van der Waals surface area contributed by atoms with Crippen molar-refractivity contribution in [2.24, 2.45) is 17.8 Å². The Kier molecular flexibility index (Phi) is 6.27. The fourth-order valence-corrected chi connectivity index (χ4v) is 8.11. The van der Waals surface area contributed by atoms with Crippen LogP contribution in [-0.4, -0.2) is 61.9 Å². The number of alkyl halides is 2. The molecule has 0 spiro atoms. The van der Waals surface area contributed by atoms with Crippen molar-refractivity contribution in [3.63, 3.8) is 0 Å². The maximum Gasteiger partial charge on any atom is 0.253 e. The van der Waals surface area contributed by atoms with Crippen LogP contribution < -0.4 is 4.74 Å². The third-order valence-corrected chi connectivity index (χ3v) is 10.3. The lowest BCUT2D eigenvalue weighted by Crippen LogP contribution is -2.60. The first-order valence-electron chi connectivity index (χ1n) is 13.3. The van der Waals surface area contributed by atoms with Crippen molar-refractivity contribution >= 4 is 46.8 Å². The summed E-state index contributed by atoms with van der Waals surface area (Å²) in [7, 11) is 1.35. The van der Waals surface area contributed by atoms with E-state index >= 15 is 0 Å². The molecule has 0 radical (unpaired) electrons. The summed E-state index contributed by atoms with van der Waals surface area (Å²) < 4.78 is 5.60. The van der Waals surface area contributed by atoms with Crippen molar-refractivity contribution in [1.82, 2.24) is 9.80 Å². The molecule has 0 aromatic heterocycles. The molecule has 0 bridgehead atoms. The smallest absolute Gasteiger partial charge is 0.253 e. The number of halogens is 2. The number of rotatable bonds is 5. The van der Waals surface area contributed by atoms with Gasteiger partial charge in [-0.2, -0.15) is 0 Å². The molecule has 208 valence electrons. The van der Waals surface area contributed by atoms with Crippen LogP contribution in [0, 0.1) is 17.8 Å². The molecule has 1 N–H and O–H groups in total. The van der Waals surface area contributed by atoms with Crippen LogP contribution in [0.2, 0.25) is 0 Å². The topological polar surface area (TPSA) is 104 Å². The van der Waals surface area contributed by atoms with Gasteiger partial charge in [-0.25, -0.2) is 0 Å². The van der Waals surface area contributed by atoms with E-state index in [0.717, 1.165) is 10.5 Å². The molecule has 2 aliphatic heterocycles. The van der Waals surface area contributed by atoms with Gasteiger partial charge in [-0.05, 0) is 48.9 Å². The molecule has 3 fully saturated rings. The van der Waals surface area contributed by atoms with Crippen LogP contribution in [0.15, 0.2) is 60.2 Å². The van der Waals surface area contributed by atoms with Crippen molar-refractivity contribution in [2.45, 2.75) is 42.0 Å². The average Bonchev–Trinajstić information content (AvgIpc) is 3.25. The van der Waals surface area contributed by atoms with Gasteiger partial charge in [0.1, 0.15) is 0 Å². The number of allylic oxidation sites excluding steroid dienone is 2. The molecule has 10 heteroatoms. The number of phenols is 1. The van der Waals surface area contributed by atoms with E-state index in [1.54, 1.807) is 19.1 Å². The number of aromatic hydroxyl groups is 1. The van der Waals surface area contributed by atoms with E-state index in [1.165, 1.54) is 18.0 Å². The number of ether oxygens (including phenoxy) is 1. The fraction of sp³-hybridized carbons (Fsp3) is 0.400. The summed E-state index contributed by atoms with van der Waals surface area (Å²) in [5.74, 6) is -4.58. The highest BCUT2D eigenvalue weighted by Gasteiger charge is 2.75. The number of phenolic OH excluding ortho intramolecular Hbond substituents is 1. The van der Waals surface area contributed by atoms with Crippen LogP contribution in [0.25, 0.3) is 0 Å². The summed E-state index contributed by atoms with van der Waals surface area (Å²) in [4.78, 5) is 53.1. The molecule has 2 aliphatic carbocycles. The van der Waals surface area contributed by atoms with Crippen LogP contribution in [0.1, 0.15) is 36.8 Å². The molecule has 6 atom stereocenters. The minimum absolute atomic E-state index is 0.0644. The number of carbonyl (C=O) groups is 4. The predicted molar refractivity (Wildman–Crippen MR) is 147 cm³/mol. The molecule has 6 rings (SSSR count). The first-order chi connectivity index (χ1) is 19.0. The molecular weight excluding hydrogens is 555 g/mol. The molecule has 6 unspecified atom stereocenters. The van der Waals surface area contributed by atoms with Gasteiger partial charge in [-0.1, -0.05) is 48.0 Å². The molecule has 4 aliphatic rings. The largest absolute Gasteiger partial charge is 0.504 e. The maximum absolute atomic E-state index is 13.9. The Balaban J connectivity index is 1.48. The number of imide groups is 2. The molecule has 2 aromatic carbocycles. The average molecular weight is 583 g/mol. The van der Waals surface area contributed by atoms with E-state index in [1.807, 2.05) is 36.4 Å². The third-order valence-electron chi connectivity index (χ3n) is 8.91. The number of carbonyl (C=O) groups excluding carboxylic acids is 4. The van der Waals surface area contributed by atoms with Crippen LogP contribution >= 0.6 is 23.2 Å². The predicted octanol–water partition coefficient (Wildman–Crippen LogP) is 3.98. The summed E-state index contributed by atoms with van der Waals surface area (Å²) in [5.41, 5.74) is 2.04. The van der Waals surface area contributed by atoms with Crippen molar-refractivity contribution in [3.8, 4) is 11.5 Å². The number of fused-ring (bicyclic) bond motifs is 4. The number of hydrogen-bond donors (Lipinski definition) is 1. The second kappa shape index (κ2) is 9.35. The molecule has 4 amide bonds. The van der Waals surface area contributed by atoms with E-state index < -0.39 is 45.2 Å². The van der Waals surface area contributed by atoms with Crippen LogP contribution in [0.4, 0.5) is 0 Å². The van der Waals surface area contributed by atoms with Crippen LogP contribution in [-0.2, 0) is 25.7 Å². The van der Waals surface area contributed by atoms with Crippen molar-refractivity contribution < 1.29 is 29.0 Å². The Morgan fingerprint density at radius 1 is 1.00 bits per heavy atom. The second-order valence-electron chi connectivity index (χ2n) is 10.9. The summed E-state index contributed by atoms with van der Waals surface area (Å²) in [6.45, 7) is 2.21. The minimum atomic E-state index is -1.88. The molecule has 2 aromatic rings. The first-order valence-corrected chi connectivity index (χ1v) is 14.0. The zero-order valence-corrected chi connectivity index (χ0v) is 23.5. The zero-order chi connectivity index (χ0) is 28.6. The Hall–Kier alpha value is -3.36. The standard InChI is InChI=1S/C30H28Cl2N2O6/c1-3-40-22-13-17(9-12-21(22)35)24-18-10-11-19-23(26(37)34(25(19)36)15-16-7-5-4-6-8-16)20(18)14-29(31)27(38)33(2)28(39)30(24,29)32/h4-10,12-13,19-20,23-24,35H,3,11,14-15H2,1-2H3. The number of nitrogens with zero attached hydrogens (tertiary/aromatic N) is 2. The highest BCUT2D eigenvalue weighted by molar-refractivity contribution is 6.53. The van der Waals surface area contributed by atoms with E-state index in [0.29, 0.717) is 17.6 Å². The normalized spacial score (nSPS) is 33.0. The number of amides is 4. The van der Waals surface area contributed by atoms with Gasteiger partial charge in [0.2, 0.25) is 11.8 Å². The van der Waals surface area contributed by atoms with Gasteiger partial charge in [-0.15, -0.1) is 23.2 Å². The van der Waals surface area contributed by atoms with E-state index in [-0.39, 0.29) is 42.9 Å². The highest BCUT2D eigenvalue weighted by atomic mass is 35.5. The van der Waals surface area contributed by atoms with Gasteiger partial charge in [-0.3, -0.25) is 29.0 Å². The number of benzene rings is 2. The Morgan fingerprint density at radius 3 is 2.42 bits per heavy atom.